The highest BCUT2D eigenvalue weighted by Gasteiger charge is 2.30. The maximum atomic E-state index is 12.7. The molecule has 0 aliphatic carbocycles. The number of rotatable bonds is 6. The minimum atomic E-state index is -0.0103. The van der Waals surface area contributed by atoms with Crippen LogP contribution < -0.4 is 5.73 Å². The lowest BCUT2D eigenvalue weighted by Crippen LogP contribution is -2.36. The second-order valence-electron chi connectivity index (χ2n) is 5.97. The normalized spacial score (nSPS) is 17.6. The summed E-state index contributed by atoms with van der Waals surface area (Å²) in [6.45, 7) is 1.88. The van der Waals surface area contributed by atoms with E-state index in [2.05, 4.69) is 34.6 Å². The number of aromatic nitrogens is 3. The molecule has 23 heavy (non-hydrogen) atoms. The van der Waals surface area contributed by atoms with Gasteiger partial charge in [0.15, 0.2) is 5.69 Å². The maximum Gasteiger partial charge on any atom is 0.276 e. The largest absolute Gasteiger partial charge is 0.334 e. The monoisotopic (exact) mass is 313 g/mol. The minimum absolute atomic E-state index is 0.0103. The van der Waals surface area contributed by atoms with Crippen molar-refractivity contribution in [3.63, 3.8) is 0 Å². The third-order valence-electron chi connectivity index (χ3n) is 4.36. The molecule has 0 radical (unpaired) electrons. The zero-order valence-corrected chi connectivity index (χ0v) is 13.3. The van der Waals surface area contributed by atoms with Gasteiger partial charge >= 0.3 is 0 Å². The highest BCUT2D eigenvalue weighted by atomic mass is 16.2. The van der Waals surface area contributed by atoms with Crippen LogP contribution in [0.1, 0.15) is 35.3 Å². The van der Waals surface area contributed by atoms with Gasteiger partial charge < -0.3 is 10.6 Å². The Labute approximate surface area is 136 Å². The van der Waals surface area contributed by atoms with Crippen LogP contribution in [-0.2, 0) is 13.0 Å². The first-order valence-electron chi connectivity index (χ1n) is 8.23. The molecule has 0 spiro atoms. The van der Waals surface area contributed by atoms with Crippen LogP contribution in [0.15, 0.2) is 36.5 Å². The molecule has 6 nitrogen and oxygen atoms in total. The summed E-state index contributed by atoms with van der Waals surface area (Å²) in [4.78, 5) is 14.6. The Bertz CT molecular complexity index is 639. The second-order valence-corrected chi connectivity index (χ2v) is 5.97. The van der Waals surface area contributed by atoms with E-state index in [-0.39, 0.29) is 5.91 Å². The van der Waals surface area contributed by atoms with Crippen molar-refractivity contribution >= 4 is 5.91 Å². The topological polar surface area (TPSA) is 77.0 Å². The van der Waals surface area contributed by atoms with Gasteiger partial charge in [0, 0.05) is 19.1 Å². The number of likely N-dealkylation sites (tertiary alicyclic amines) is 1. The number of hydrogen-bond acceptors (Lipinski definition) is 4. The summed E-state index contributed by atoms with van der Waals surface area (Å²) in [5.74, 6) is -0.0103. The van der Waals surface area contributed by atoms with Crippen LogP contribution in [0, 0.1) is 0 Å². The molecule has 1 atom stereocenters. The van der Waals surface area contributed by atoms with E-state index in [0.29, 0.717) is 24.8 Å². The predicted molar refractivity (Wildman–Crippen MR) is 87.9 cm³/mol. The maximum absolute atomic E-state index is 12.7. The summed E-state index contributed by atoms with van der Waals surface area (Å²) >= 11 is 0. The van der Waals surface area contributed by atoms with Gasteiger partial charge in [0.1, 0.15) is 0 Å². The number of carbonyl (C=O) groups excluding carboxylic acids is 1. The van der Waals surface area contributed by atoms with E-state index >= 15 is 0 Å². The summed E-state index contributed by atoms with van der Waals surface area (Å²) in [6, 6.07) is 10.7. The molecular weight excluding hydrogens is 290 g/mol. The number of nitrogens with zero attached hydrogens (tertiary/aromatic N) is 4. The molecule has 1 aromatic heterocycles. The Morgan fingerprint density at radius 3 is 2.91 bits per heavy atom. The van der Waals surface area contributed by atoms with Gasteiger partial charge in [-0.15, -0.1) is 5.10 Å². The highest BCUT2D eigenvalue weighted by molar-refractivity contribution is 5.92. The molecule has 0 unspecified atom stereocenters. The molecule has 0 bridgehead atoms. The van der Waals surface area contributed by atoms with Crippen molar-refractivity contribution in [1.29, 1.82) is 0 Å². The molecule has 1 aliphatic rings. The Morgan fingerprint density at radius 1 is 1.30 bits per heavy atom. The van der Waals surface area contributed by atoms with Crippen LogP contribution in [0.5, 0.6) is 0 Å². The Kier molecular flexibility index (Phi) is 5.02. The third-order valence-corrected chi connectivity index (χ3v) is 4.36. The number of carbonyl (C=O) groups is 1. The van der Waals surface area contributed by atoms with E-state index < -0.39 is 0 Å². The number of aryl methyl sites for hydroxylation is 1. The molecule has 1 saturated heterocycles. The molecule has 0 saturated carbocycles. The molecule has 3 rings (SSSR count). The number of benzene rings is 1. The van der Waals surface area contributed by atoms with Crippen LogP contribution >= 0.6 is 0 Å². The van der Waals surface area contributed by atoms with Gasteiger partial charge in [0.05, 0.1) is 12.7 Å². The highest BCUT2D eigenvalue weighted by Crippen LogP contribution is 2.23. The van der Waals surface area contributed by atoms with Crippen molar-refractivity contribution < 1.29 is 4.79 Å². The van der Waals surface area contributed by atoms with Crippen LogP contribution in [0.25, 0.3) is 0 Å². The van der Waals surface area contributed by atoms with Crippen molar-refractivity contribution in [1.82, 2.24) is 19.9 Å². The lowest BCUT2D eigenvalue weighted by Gasteiger charge is -2.23. The predicted octanol–water partition coefficient (Wildman–Crippen LogP) is 1.47. The van der Waals surface area contributed by atoms with Gasteiger partial charge in [-0.1, -0.05) is 35.5 Å². The van der Waals surface area contributed by atoms with E-state index in [9.17, 15) is 4.79 Å². The lowest BCUT2D eigenvalue weighted by molar-refractivity contribution is 0.0724. The summed E-state index contributed by atoms with van der Waals surface area (Å²) in [5.41, 5.74) is 7.24. The summed E-state index contributed by atoms with van der Waals surface area (Å²) in [6.07, 6.45) is 5.81. The van der Waals surface area contributed by atoms with Gasteiger partial charge in [-0.2, -0.15) is 0 Å². The fourth-order valence-corrected chi connectivity index (χ4v) is 3.17. The van der Waals surface area contributed by atoms with Crippen molar-refractivity contribution in [2.75, 3.05) is 13.1 Å². The first-order valence-corrected chi connectivity index (χ1v) is 8.23. The molecule has 122 valence electrons. The number of nitrogens with two attached hydrogens (primary N) is 1. The fourth-order valence-electron chi connectivity index (χ4n) is 3.17. The van der Waals surface area contributed by atoms with E-state index in [1.54, 1.807) is 10.9 Å². The van der Waals surface area contributed by atoms with E-state index in [1.807, 2.05) is 11.0 Å². The van der Waals surface area contributed by atoms with Crippen molar-refractivity contribution in [2.24, 2.45) is 5.73 Å². The fraction of sp³-hybridized carbons (Fsp3) is 0.471. The molecular formula is C17H23N5O. The minimum Gasteiger partial charge on any atom is -0.334 e. The zero-order chi connectivity index (χ0) is 16.1. The average molecular weight is 313 g/mol. The molecule has 2 heterocycles. The Morgan fingerprint density at radius 2 is 2.13 bits per heavy atom. The van der Waals surface area contributed by atoms with Gasteiger partial charge in [0.2, 0.25) is 0 Å². The number of hydrogen-bond donors (Lipinski definition) is 1. The van der Waals surface area contributed by atoms with E-state index in [4.69, 9.17) is 5.73 Å². The molecule has 1 aliphatic heterocycles. The third kappa shape index (κ3) is 3.76. The average Bonchev–Trinajstić information content (AvgIpc) is 3.23. The lowest BCUT2D eigenvalue weighted by atomic mass is 10.0. The van der Waals surface area contributed by atoms with E-state index in [1.165, 1.54) is 5.56 Å². The van der Waals surface area contributed by atoms with Gasteiger partial charge in [-0.3, -0.25) is 9.48 Å². The zero-order valence-electron chi connectivity index (χ0n) is 13.3. The smallest absolute Gasteiger partial charge is 0.276 e. The molecule has 1 aromatic carbocycles. The first kappa shape index (κ1) is 15.7. The van der Waals surface area contributed by atoms with Crippen LogP contribution in [0.3, 0.4) is 0 Å². The van der Waals surface area contributed by atoms with E-state index in [0.717, 1.165) is 32.2 Å². The first-order chi connectivity index (χ1) is 11.3. The van der Waals surface area contributed by atoms with Crippen molar-refractivity contribution in [2.45, 2.75) is 38.3 Å². The molecule has 1 amide bonds. The summed E-state index contributed by atoms with van der Waals surface area (Å²) in [7, 11) is 0. The molecule has 2 N–H and O–H groups in total. The summed E-state index contributed by atoms with van der Waals surface area (Å²) in [5, 5.41) is 7.95. The van der Waals surface area contributed by atoms with Crippen LogP contribution in [0.4, 0.5) is 0 Å². The Hall–Kier alpha value is -2.21. The van der Waals surface area contributed by atoms with Gasteiger partial charge in [0.25, 0.3) is 5.91 Å². The molecule has 2 aromatic rings. The SMILES string of the molecule is NCCn1cc(C(=O)N2CCC[C@H]2CCc2ccccc2)nn1. The Balaban J connectivity index is 1.62. The second kappa shape index (κ2) is 7.37. The van der Waals surface area contributed by atoms with Crippen molar-refractivity contribution in [3.05, 3.63) is 47.8 Å². The standard InChI is InChI=1S/C17H23N5O/c18-10-12-21-13-16(19-20-21)17(23)22-11-4-7-15(22)9-8-14-5-2-1-3-6-14/h1-3,5-6,13,15H,4,7-12,18H2/t15-/m0/s1. The molecule has 6 heteroatoms. The van der Waals surface area contributed by atoms with Crippen molar-refractivity contribution in [3.8, 4) is 0 Å². The molecule has 1 fully saturated rings. The quantitative estimate of drug-likeness (QED) is 0.876. The van der Waals surface area contributed by atoms with Gasteiger partial charge in [-0.05, 0) is 31.2 Å². The van der Waals surface area contributed by atoms with Crippen LogP contribution in [-0.4, -0.2) is 44.9 Å². The summed E-state index contributed by atoms with van der Waals surface area (Å²) < 4.78 is 1.63. The van der Waals surface area contributed by atoms with Crippen LogP contribution in [0.2, 0.25) is 0 Å². The van der Waals surface area contributed by atoms with Gasteiger partial charge in [-0.25, -0.2) is 0 Å². The number of amides is 1.